The van der Waals surface area contributed by atoms with Crippen LogP contribution in [0, 0.1) is 0 Å². The minimum atomic E-state index is -0.443. The second-order valence-electron chi connectivity index (χ2n) is 4.51. The van der Waals surface area contributed by atoms with E-state index in [1.807, 2.05) is 12.1 Å². The van der Waals surface area contributed by atoms with Crippen LogP contribution in [0.2, 0.25) is 0 Å². The Morgan fingerprint density at radius 3 is 2.67 bits per heavy atom. The lowest BCUT2D eigenvalue weighted by atomic mass is 10.1. The molecule has 0 aliphatic rings. The topological polar surface area (TPSA) is 55.1 Å². The van der Waals surface area contributed by atoms with Crippen LogP contribution in [-0.4, -0.2) is 18.5 Å². The molecular weight excluding hydrogens is 224 g/mol. The largest absolute Gasteiger partial charge is 0.354 e. The van der Waals surface area contributed by atoms with Gasteiger partial charge in [0.25, 0.3) is 0 Å². The molecule has 1 atom stereocenters. The molecule has 1 amide bonds. The fourth-order valence-electron chi connectivity index (χ4n) is 1.89. The molecule has 3 nitrogen and oxygen atoms in total. The number of fused-ring (bicyclic) bond motifs is 1. The van der Waals surface area contributed by atoms with Gasteiger partial charge in [-0.3, -0.25) is 4.79 Å². The highest BCUT2D eigenvalue weighted by atomic mass is 16.2. The molecule has 0 fully saturated rings. The molecule has 0 saturated heterocycles. The minimum Gasteiger partial charge on any atom is -0.354 e. The lowest BCUT2D eigenvalue weighted by Crippen LogP contribution is -2.39. The number of hydrogen-bond donors (Lipinski definition) is 2. The Morgan fingerprint density at radius 2 is 1.94 bits per heavy atom. The number of amides is 1. The number of benzene rings is 2. The van der Waals surface area contributed by atoms with Crippen LogP contribution in [0.3, 0.4) is 0 Å². The summed E-state index contributed by atoms with van der Waals surface area (Å²) in [7, 11) is 0. The number of rotatable bonds is 4. The van der Waals surface area contributed by atoms with Gasteiger partial charge >= 0.3 is 0 Å². The first kappa shape index (κ1) is 12.6. The van der Waals surface area contributed by atoms with E-state index >= 15 is 0 Å². The van der Waals surface area contributed by atoms with Gasteiger partial charge in [0.15, 0.2) is 0 Å². The summed E-state index contributed by atoms with van der Waals surface area (Å²) in [4.78, 5) is 11.3. The third kappa shape index (κ3) is 3.08. The lowest BCUT2D eigenvalue weighted by Gasteiger charge is -2.08. The number of nitrogens with two attached hydrogens (primary N) is 1. The molecule has 0 heterocycles. The number of nitrogens with one attached hydrogen (secondary N) is 1. The van der Waals surface area contributed by atoms with Crippen LogP contribution in [0.1, 0.15) is 12.5 Å². The Balaban J connectivity index is 1.98. The lowest BCUT2D eigenvalue weighted by molar-refractivity contribution is -0.121. The van der Waals surface area contributed by atoms with Crippen LogP contribution in [0.5, 0.6) is 0 Å². The SMILES string of the molecule is C[C@@H](N)C(=O)NCCc1ccc2ccccc2c1. The fraction of sp³-hybridized carbons (Fsp3) is 0.267. The van der Waals surface area contributed by atoms with Gasteiger partial charge < -0.3 is 11.1 Å². The van der Waals surface area contributed by atoms with Gasteiger partial charge in [0.1, 0.15) is 0 Å². The van der Waals surface area contributed by atoms with Gasteiger partial charge in [0.2, 0.25) is 5.91 Å². The van der Waals surface area contributed by atoms with Crippen molar-refractivity contribution < 1.29 is 4.79 Å². The highest BCUT2D eigenvalue weighted by Gasteiger charge is 2.05. The van der Waals surface area contributed by atoms with Crippen molar-refractivity contribution in [3.8, 4) is 0 Å². The first-order valence-electron chi connectivity index (χ1n) is 6.18. The molecule has 18 heavy (non-hydrogen) atoms. The second kappa shape index (κ2) is 5.65. The van der Waals surface area contributed by atoms with Gasteiger partial charge in [0.05, 0.1) is 6.04 Å². The van der Waals surface area contributed by atoms with Gasteiger partial charge in [-0.15, -0.1) is 0 Å². The molecule has 3 N–H and O–H groups in total. The number of carbonyl (C=O) groups excluding carboxylic acids is 1. The Labute approximate surface area is 107 Å². The number of carbonyl (C=O) groups is 1. The van der Waals surface area contributed by atoms with E-state index < -0.39 is 6.04 Å². The van der Waals surface area contributed by atoms with E-state index in [4.69, 9.17) is 5.73 Å². The maximum atomic E-state index is 11.3. The Bertz CT molecular complexity index is 549. The smallest absolute Gasteiger partial charge is 0.236 e. The molecule has 3 heteroatoms. The van der Waals surface area contributed by atoms with Gasteiger partial charge in [-0.1, -0.05) is 42.5 Å². The van der Waals surface area contributed by atoms with E-state index in [1.54, 1.807) is 6.92 Å². The summed E-state index contributed by atoms with van der Waals surface area (Å²) in [5, 5.41) is 5.28. The summed E-state index contributed by atoms with van der Waals surface area (Å²) in [6, 6.07) is 14.2. The summed E-state index contributed by atoms with van der Waals surface area (Å²) in [5.41, 5.74) is 6.70. The Kier molecular flexibility index (Phi) is 3.95. The normalized spacial score (nSPS) is 12.3. The van der Waals surface area contributed by atoms with Gasteiger partial charge in [0, 0.05) is 6.54 Å². The standard InChI is InChI=1S/C15H18N2O/c1-11(16)15(18)17-9-8-12-6-7-13-4-2-3-5-14(13)10-12/h2-7,10-11H,8-9,16H2,1H3,(H,17,18)/t11-/m1/s1. The highest BCUT2D eigenvalue weighted by Crippen LogP contribution is 2.15. The van der Waals surface area contributed by atoms with Gasteiger partial charge in [-0.25, -0.2) is 0 Å². The third-order valence-corrected chi connectivity index (χ3v) is 2.94. The fourth-order valence-corrected chi connectivity index (χ4v) is 1.89. The van der Waals surface area contributed by atoms with Crippen molar-refractivity contribution in [1.29, 1.82) is 0 Å². The number of hydrogen-bond acceptors (Lipinski definition) is 2. The molecule has 2 aromatic rings. The van der Waals surface area contributed by atoms with E-state index in [9.17, 15) is 4.79 Å². The van der Waals surface area contributed by atoms with E-state index in [-0.39, 0.29) is 5.91 Å². The summed E-state index contributed by atoms with van der Waals surface area (Å²) < 4.78 is 0. The maximum absolute atomic E-state index is 11.3. The minimum absolute atomic E-state index is 0.101. The molecule has 2 rings (SSSR count). The zero-order chi connectivity index (χ0) is 13.0. The van der Waals surface area contributed by atoms with Crippen molar-refractivity contribution in [2.24, 2.45) is 5.73 Å². The third-order valence-electron chi connectivity index (χ3n) is 2.94. The van der Waals surface area contributed by atoms with Gasteiger partial charge in [-0.2, -0.15) is 0 Å². The van der Waals surface area contributed by atoms with Crippen molar-refractivity contribution >= 4 is 16.7 Å². The van der Waals surface area contributed by atoms with Crippen molar-refractivity contribution in [3.05, 3.63) is 48.0 Å². The first-order chi connectivity index (χ1) is 8.66. The van der Waals surface area contributed by atoms with Crippen LogP contribution >= 0.6 is 0 Å². The molecule has 0 spiro atoms. The van der Waals surface area contributed by atoms with Crippen LogP contribution in [0.25, 0.3) is 10.8 Å². The van der Waals surface area contributed by atoms with Crippen molar-refractivity contribution in [3.63, 3.8) is 0 Å². The molecule has 0 aliphatic carbocycles. The quantitative estimate of drug-likeness (QED) is 0.859. The van der Waals surface area contributed by atoms with Crippen LogP contribution < -0.4 is 11.1 Å². The summed E-state index contributed by atoms with van der Waals surface area (Å²) in [5.74, 6) is -0.101. The predicted octanol–water partition coefficient (Wildman–Crippen LogP) is 1.85. The molecule has 0 radical (unpaired) electrons. The molecule has 2 aromatic carbocycles. The zero-order valence-corrected chi connectivity index (χ0v) is 10.5. The average molecular weight is 242 g/mol. The van der Waals surface area contributed by atoms with E-state index in [0.29, 0.717) is 6.54 Å². The summed E-state index contributed by atoms with van der Waals surface area (Å²) in [6.07, 6.45) is 0.823. The summed E-state index contributed by atoms with van der Waals surface area (Å²) in [6.45, 7) is 2.31. The molecule has 0 saturated carbocycles. The van der Waals surface area contributed by atoms with Crippen LogP contribution in [0.4, 0.5) is 0 Å². The average Bonchev–Trinajstić information content (AvgIpc) is 2.38. The van der Waals surface area contributed by atoms with Crippen LogP contribution in [-0.2, 0) is 11.2 Å². The molecule has 0 aliphatic heterocycles. The van der Waals surface area contributed by atoms with E-state index in [1.165, 1.54) is 16.3 Å². The molecule has 0 unspecified atom stereocenters. The molecule has 0 aromatic heterocycles. The zero-order valence-electron chi connectivity index (χ0n) is 10.5. The van der Waals surface area contributed by atoms with E-state index in [2.05, 4.69) is 35.6 Å². The second-order valence-corrected chi connectivity index (χ2v) is 4.51. The predicted molar refractivity (Wildman–Crippen MR) is 74.3 cm³/mol. The van der Waals surface area contributed by atoms with Crippen molar-refractivity contribution in [1.82, 2.24) is 5.32 Å². The molecule has 0 bridgehead atoms. The summed E-state index contributed by atoms with van der Waals surface area (Å²) >= 11 is 0. The highest BCUT2D eigenvalue weighted by molar-refractivity contribution is 5.83. The van der Waals surface area contributed by atoms with E-state index in [0.717, 1.165) is 6.42 Å². The van der Waals surface area contributed by atoms with Crippen molar-refractivity contribution in [2.75, 3.05) is 6.54 Å². The molecular formula is C15H18N2O. The Morgan fingerprint density at radius 1 is 1.22 bits per heavy atom. The van der Waals surface area contributed by atoms with Crippen molar-refractivity contribution in [2.45, 2.75) is 19.4 Å². The maximum Gasteiger partial charge on any atom is 0.236 e. The monoisotopic (exact) mass is 242 g/mol. The molecule has 94 valence electrons. The Hall–Kier alpha value is -1.87. The van der Waals surface area contributed by atoms with Gasteiger partial charge in [-0.05, 0) is 29.7 Å². The first-order valence-corrected chi connectivity index (χ1v) is 6.18. The van der Waals surface area contributed by atoms with Crippen LogP contribution in [0.15, 0.2) is 42.5 Å².